The fraction of sp³-hybridized carbons (Fsp3) is 0.316. The summed E-state index contributed by atoms with van der Waals surface area (Å²) >= 11 is 6.18. The maximum atomic E-state index is 12.4. The average molecular weight is 366 g/mol. The molecule has 0 radical (unpaired) electrons. The van der Waals surface area contributed by atoms with E-state index >= 15 is 0 Å². The molecule has 0 heterocycles. The lowest BCUT2D eigenvalue weighted by molar-refractivity contribution is -0.123. The lowest BCUT2D eigenvalue weighted by Crippen LogP contribution is -2.28. The largest absolute Gasteiger partial charge is 0.435 e. The molecule has 6 heteroatoms. The summed E-state index contributed by atoms with van der Waals surface area (Å²) in [6, 6.07) is 13.6. The van der Waals surface area contributed by atoms with Crippen LogP contribution in [0, 0.1) is 5.92 Å². The van der Waals surface area contributed by atoms with Crippen molar-refractivity contribution < 1.29 is 18.3 Å². The van der Waals surface area contributed by atoms with Gasteiger partial charge < -0.3 is 10.1 Å². The Balaban J connectivity index is 1.61. The quantitative estimate of drug-likeness (QED) is 0.788. The molecular formula is C19H18ClF2NO2. The lowest BCUT2D eigenvalue weighted by atomic mass is 10.1. The third-order valence-corrected chi connectivity index (χ3v) is 4.72. The summed E-state index contributed by atoms with van der Waals surface area (Å²) in [5.41, 5.74) is 1.70. The minimum Gasteiger partial charge on any atom is -0.435 e. The van der Waals surface area contributed by atoms with Gasteiger partial charge in [0, 0.05) is 10.9 Å². The van der Waals surface area contributed by atoms with Gasteiger partial charge in [-0.25, -0.2) is 0 Å². The van der Waals surface area contributed by atoms with Crippen LogP contribution in [-0.2, 0) is 4.79 Å². The Bertz CT molecular complexity index is 769. The first kappa shape index (κ1) is 17.7. The summed E-state index contributed by atoms with van der Waals surface area (Å²) in [4.78, 5) is 12.4. The van der Waals surface area contributed by atoms with E-state index in [1.165, 1.54) is 12.1 Å². The first-order valence-electron chi connectivity index (χ1n) is 8.05. The van der Waals surface area contributed by atoms with E-state index in [-0.39, 0.29) is 29.5 Å². The minimum atomic E-state index is -2.87. The van der Waals surface area contributed by atoms with Gasteiger partial charge in [0.1, 0.15) is 5.75 Å². The predicted molar refractivity (Wildman–Crippen MR) is 91.9 cm³/mol. The fourth-order valence-electron chi connectivity index (χ4n) is 2.97. The van der Waals surface area contributed by atoms with Crippen LogP contribution < -0.4 is 10.1 Å². The molecule has 2 aromatic carbocycles. The standard InChI is InChI=1S/C19H18ClF2NO2/c1-11(12-5-4-6-13(9-12)25-19(21)22)23-18(24)16-10-15(16)14-7-2-3-8-17(14)20/h2-9,11,15-16,19H,10H2,1H3,(H,23,24). The Morgan fingerprint density at radius 1 is 1.24 bits per heavy atom. The zero-order valence-corrected chi connectivity index (χ0v) is 14.3. The van der Waals surface area contributed by atoms with E-state index in [1.807, 2.05) is 31.2 Å². The topological polar surface area (TPSA) is 38.3 Å². The van der Waals surface area contributed by atoms with Crippen molar-refractivity contribution in [1.82, 2.24) is 5.32 Å². The van der Waals surface area contributed by atoms with Crippen LogP contribution in [0.5, 0.6) is 5.75 Å². The molecule has 3 atom stereocenters. The number of carbonyl (C=O) groups excluding carboxylic acids is 1. The first-order valence-corrected chi connectivity index (χ1v) is 8.43. The Hall–Kier alpha value is -2.14. The molecule has 0 aromatic heterocycles. The van der Waals surface area contributed by atoms with Crippen molar-refractivity contribution in [3.05, 3.63) is 64.7 Å². The Kier molecular flexibility index (Phi) is 5.23. The van der Waals surface area contributed by atoms with Crippen molar-refractivity contribution in [2.24, 2.45) is 5.92 Å². The van der Waals surface area contributed by atoms with Crippen LogP contribution >= 0.6 is 11.6 Å². The van der Waals surface area contributed by atoms with Crippen LogP contribution in [0.1, 0.15) is 36.4 Å². The molecule has 25 heavy (non-hydrogen) atoms. The third-order valence-electron chi connectivity index (χ3n) is 4.37. The van der Waals surface area contributed by atoms with Gasteiger partial charge in [-0.1, -0.05) is 41.9 Å². The second-order valence-electron chi connectivity index (χ2n) is 6.15. The molecule has 1 aliphatic rings. The molecule has 0 aliphatic heterocycles. The third kappa shape index (κ3) is 4.28. The van der Waals surface area contributed by atoms with Gasteiger partial charge in [0.15, 0.2) is 0 Å². The van der Waals surface area contributed by atoms with Crippen LogP contribution in [0.2, 0.25) is 5.02 Å². The fourth-order valence-corrected chi connectivity index (χ4v) is 3.24. The zero-order chi connectivity index (χ0) is 18.0. The first-order chi connectivity index (χ1) is 12.0. The average Bonchev–Trinajstić information content (AvgIpc) is 3.35. The molecule has 3 rings (SSSR count). The van der Waals surface area contributed by atoms with E-state index < -0.39 is 6.61 Å². The lowest BCUT2D eigenvalue weighted by Gasteiger charge is -2.16. The summed E-state index contributed by atoms with van der Waals surface area (Å²) < 4.78 is 29.0. The van der Waals surface area contributed by atoms with Crippen LogP contribution in [0.15, 0.2) is 48.5 Å². The van der Waals surface area contributed by atoms with E-state index in [0.717, 1.165) is 12.0 Å². The highest BCUT2D eigenvalue weighted by molar-refractivity contribution is 6.31. The van der Waals surface area contributed by atoms with Crippen LogP contribution in [0.25, 0.3) is 0 Å². The molecule has 1 aliphatic carbocycles. The van der Waals surface area contributed by atoms with Gasteiger partial charge >= 0.3 is 6.61 Å². The number of carbonyl (C=O) groups is 1. The van der Waals surface area contributed by atoms with Gasteiger partial charge in [-0.3, -0.25) is 4.79 Å². The van der Waals surface area contributed by atoms with Gasteiger partial charge in [-0.15, -0.1) is 0 Å². The molecule has 0 spiro atoms. The molecule has 1 saturated carbocycles. The molecule has 3 unspecified atom stereocenters. The molecule has 0 saturated heterocycles. The monoisotopic (exact) mass is 365 g/mol. The van der Waals surface area contributed by atoms with Gasteiger partial charge in [0.2, 0.25) is 5.91 Å². The number of alkyl halides is 2. The van der Waals surface area contributed by atoms with Gasteiger partial charge in [-0.05, 0) is 48.6 Å². The van der Waals surface area contributed by atoms with Gasteiger partial charge in [0.25, 0.3) is 0 Å². The molecule has 3 nitrogen and oxygen atoms in total. The highest BCUT2D eigenvalue weighted by Crippen LogP contribution is 2.49. The van der Waals surface area contributed by atoms with Crippen molar-refractivity contribution >= 4 is 17.5 Å². The molecule has 1 N–H and O–H groups in total. The van der Waals surface area contributed by atoms with Crippen LogP contribution in [-0.4, -0.2) is 12.5 Å². The van der Waals surface area contributed by atoms with E-state index in [1.54, 1.807) is 12.1 Å². The van der Waals surface area contributed by atoms with E-state index in [9.17, 15) is 13.6 Å². The second kappa shape index (κ2) is 7.40. The summed E-state index contributed by atoms with van der Waals surface area (Å²) in [5, 5.41) is 3.61. The number of ether oxygens (including phenoxy) is 1. The van der Waals surface area contributed by atoms with Crippen LogP contribution in [0.4, 0.5) is 8.78 Å². The molecule has 1 amide bonds. The number of hydrogen-bond donors (Lipinski definition) is 1. The van der Waals surface area contributed by atoms with Gasteiger partial charge in [-0.2, -0.15) is 8.78 Å². The van der Waals surface area contributed by atoms with Crippen molar-refractivity contribution in [3.8, 4) is 5.75 Å². The van der Waals surface area contributed by atoms with Crippen molar-refractivity contribution in [1.29, 1.82) is 0 Å². The normalized spacial score (nSPS) is 20.2. The second-order valence-corrected chi connectivity index (χ2v) is 6.56. The van der Waals surface area contributed by atoms with Crippen molar-refractivity contribution in [2.45, 2.75) is 31.9 Å². The summed E-state index contributed by atoms with van der Waals surface area (Å²) in [5.74, 6) is 0.0452. The summed E-state index contributed by atoms with van der Waals surface area (Å²) in [6.45, 7) is -1.06. The molecule has 2 aromatic rings. The number of amides is 1. The maximum absolute atomic E-state index is 12.4. The number of benzene rings is 2. The molecule has 1 fully saturated rings. The van der Waals surface area contributed by atoms with Crippen LogP contribution in [0.3, 0.4) is 0 Å². The SMILES string of the molecule is CC(NC(=O)C1CC1c1ccccc1Cl)c1cccc(OC(F)F)c1. The summed E-state index contributed by atoms with van der Waals surface area (Å²) in [6.07, 6.45) is 0.761. The number of halogens is 3. The highest BCUT2D eigenvalue weighted by Gasteiger charge is 2.45. The van der Waals surface area contributed by atoms with E-state index in [2.05, 4.69) is 10.1 Å². The van der Waals surface area contributed by atoms with E-state index in [0.29, 0.717) is 10.6 Å². The van der Waals surface area contributed by atoms with Crippen molar-refractivity contribution in [3.63, 3.8) is 0 Å². The Morgan fingerprint density at radius 2 is 2.00 bits per heavy atom. The number of nitrogens with one attached hydrogen (secondary N) is 1. The summed E-state index contributed by atoms with van der Waals surface area (Å²) in [7, 11) is 0. The zero-order valence-electron chi connectivity index (χ0n) is 13.6. The molecule has 0 bridgehead atoms. The minimum absolute atomic E-state index is 0.0578. The maximum Gasteiger partial charge on any atom is 0.387 e. The Morgan fingerprint density at radius 3 is 2.72 bits per heavy atom. The Labute approximate surface area is 149 Å². The molecular weight excluding hydrogens is 348 g/mol. The molecule has 132 valence electrons. The van der Waals surface area contributed by atoms with E-state index in [4.69, 9.17) is 11.6 Å². The number of hydrogen-bond acceptors (Lipinski definition) is 2. The number of rotatable bonds is 6. The van der Waals surface area contributed by atoms with Crippen molar-refractivity contribution in [2.75, 3.05) is 0 Å². The predicted octanol–water partition coefficient (Wildman–Crippen LogP) is 4.92. The van der Waals surface area contributed by atoms with Gasteiger partial charge in [0.05, 0.1) is 6.04 Å². The smallest absolute Gasteiger partial charge is 0.387 e. The highest BCUT2D eigenvalue weighted by atomic mass is 35.5.